The van der Waals surface area contributed by atoms with E-state index in [4.69, 9.17) is 14.2 Å². The quantitative estimate of drug-likeness (QED) is 0.0212. The van der Waals surface area contributed by atoms with E-state index < -0.39 is 18.1 Å². The first-order valence-corrected chi connectivity index (χ1v) is 20.4. The number of rotatable bonds is 34. The number of carbonyl (C=O) groups excluding carboxylic acids is 3. The van der Waals surface area contributed by atoms with Crippen molar-refractivity contribution in [3.05, 3.63) is 97.2 Å². The Kier molecular flexibility index (Phi) is 33.7. The van der Waals surface area contributed by atoms with Crippen LogP contribution in [0, 0.1) is 0 Å². The Hall–Kier alpha value is -3.75. The number of nitrogens with zero attached hydrogens (tertiary/aromatic N) is 1. The Morgan fingerprint density at radius 1 is 0.574 bits per heavy atom. The molecular weight excluding hydrogens is 679 g/mol. The molecular formula is C46H73NO7. The van der Waals surface area contributed by atoms with Gasteiger partial charge in [-0.15, -0.1) is 0 Å². The van der Waals surface area contributed by atoms with Gasteiger partial charge in [-0.3, -0.25) is 9.59 Å². The molecule has 0 fully saturated rings. The molecule has 0 N–H and O–H groups in total. The van der Waals surface area contributed by atoms with E-state index in [2.05, 4.69) is 38.2 Å². The number of likely N-dealkylation sites (N-methyl/N-ethyl adjacent to an activating group) is 1. The van der Waals surface area contributed by atoms with Crippen LogP contribution in [0.4, 0.5) is 0 Å². The van der Waals surface area contributed by atoms with E-state index in [-0.39, 0.29) is 49.1 Å². The summed E-state index contributed by atoms with van der Waals surface area (Å²) < 4.78 is 17.0. The molecule has 0 aliphatic heterocycles. The summed E-state index contributed by atoms with van der Waals surface area (Å²) in [5.74, 6) is -1.83. The topological polar surface area (TPSA) is 102 Å². The molecule has 0 saturated carbocycles. The second-order valence-corrected chi connectivity index (χ2v) is 14.3. The van der Waals surface area contributed by atoms with Crippen LogP contribution in [0.5, 0.6) is 0 Å². The second-order valence-electron chi connectivity index (χ2n) is 14.3. The first kappa shape index (κ1) is 50.2. The van der Waals surface area contributed by atoms with Gasteiger partial charge in [0, 0.05) is 19.3 Å². The van der Waals surface area contributed by atoms with Crippen molar-refractivity contribution in [1.82, 2.24) is 0 Å². The summed E-state index contributed by atoms with van der Waals surface area (Å²) in [4.78, 5) is 36.7. The lowest BCUT2D eigenvalue weighted by molar-refractivity contribution is -0.889. The fourth-order valence-corrected chi connectivity index (χ4v) is 5.21. The molecule has 0 aromatic carbocycles. The summed E-state index contributed by atoms with van der Waals surface area (Å²) in [5.41, 5.74) is 0. The number of carboxylic acid groups (broad SMARTS) is 1. The molecule has 2 atom stereocenters. The van der Waals surface area contributed by atoms with E-state index in [1.165, 1.54) is 12.8 Å². The van der Waals surface area contributed by atoms with E-state index in [9.17, 15) is 19.5 Å². The molecule has 0 aliphatic rings. The summed E-state index contributed by atoms with van der Waals surface area (Å²) in [6, 6.07) is -0.739. The second kappa shape index (κ2) is 36.2. The summed E-state index contributed by atoms with van der Waals surface area (Å²) in [7, 11) is 5.37. The molecule has 0 amide bonds. The first-order valence-electron chi connectivity index (χ1n) is 20.4. The minimum Gasteiger partial charge on any atom is -0.544 e. The molecule has 54 heavy (non-hydrogen) atoms. The standard InChI is InChI=1S/C46H73NO7/c1-6-8-10-12-14-16-18-19-20-21-22-23-24-25-27-28-30-32-34-36-44(48)53-41-42(40-52-39-38-43(46(50)51)47(3,4)5)54-45(49)37-35-33-31-29-26-17-15-13-11-9-7-2/h8,10,12-16,18-25,27,42-43H,6-7,9,11,17,26,28-41H2,1-5H3/b10-8+,14-12+,15-13+,18-16+,20-19+,22-21+,24-23+,27-25+. The van der Waals surface area contributed by atoms with E-state index >= 15 is 0 Å². The highest BCUT2D eigenvalue weighted by molar-refractivity contribution is 5.70. The predicted octanol–water partition coefficient (Wildman–Crippen LogP) is 9.40. The van der Waals surface area contributed by atoms with Gasteiger partial charge in [0.15, 0.2) is 6.10 Å². The van der Waals surface area contributed by atoms with E-state index in [1.807, 2.05) is 72.9 Å². The van der Waals surface area contributed by atoms with Crippen molar-refractivity contribution in [2.45, 2.75) is 135 Å². The Morgan fingerprint density at radius 3 is 1.61 bits per heavy atom. The third-order valence-corrected chi connectivity index (χ3v) is 8.40. The maximum absolute atomic E-state index is 12.6. The molecule has 0 bridgehead atoms. The summed E-state index contributed by atoms with van der Waals surface area (Å²) in [6.07, 6.45) is 47.1. The number of quaternary nitrogens is 1. The summed E-state index contributed by atoms with van der Waals surface area (Å²) in [6.45, 7) is 4.38. The van der Waals surface area contributed by atoms with Gasteiger partial charge >= 0.3 is 11.9 Å². The van der Waals surface area contributed by atoms with Gasteiger partial charge in [-0.25, -0.2) is 0 Å². The highest BCUT2D eigenvalue weighted by Gasteiger charge is 2.25. The van der Waals surface area contributed by atoms with E-state index in [1.54, 1.807) is 21.1 Å². The van der Waals surface area contributed by atoms with Gasteiger partial charge in [0.2, 0.25) is 0 Å². The molecule has 0 heterocycles. The number of aliphatic carboxylic acids is 1. The third-order valence-electron chi connectivity index (χ3n) is 8.40. The van der Waals surface area contributed by atoms with Crippen LogP contribution in [0.25, 0.3) is 0 Å². The maximum Gasteiger partial charge on any atom is 0.306 e. The summed E-state index contributed by atoms with van der Waals surface area (Å²) in [5, 5.41) is 11.6. The van der Waals surface area contributed by atoms with E-state index in [0.29, 0.717) is 12.8 Å². The highest BCUT2D eigenvalue weighted by atomic mass is 16.6. The van der Waals surface area contributed by atoms with Gasteiger partial charge in [0.25, 0.3) is 0 Å². The van der Waals surface area contributed by atoms with Crippen LogP contribution in [0.3, 0.4) is 0 Å². The Bertz CT molecular complexity index is 1200. The Balaban J connectivity index is 4.51. The average molecular weight is 752 g/mol. The van der Waals surface area contributed by atoms with Gasteiger partial charge in [-0.05, 0) is 51.4 Å². The number of carbonyl (C=O) groups is 3. The van der Waals surface area contributed by atoms with Crippen LogP contribution in [0.15, 0.2) is 97.2 Å². The van der Waals surface area contributed by atoms with Crippen molar-refractivity contribution in [1.29, 1.82) is 0 Å². The number of unbranched alkanes of at least 4 members (excludes halogenated alkanes) is 10. The van der Waals surface area contributed by atoms with Crippen molar-refractivity contribution < 1.29 is 38.2 Å². The van der Waals surface area contributed by atoms with Crippen LogP contribution in [0.1, 0.15) is 123 Å². The van der Waals surface area contributed by atoms with Crippen LogP contribution in [-0.4, -0.2) is 75.5 Å². The normalized spacial score (nSPS) is 14.0. The van der Waals surface area contributed by atoms with Crippen LogP contribution < -0.4 is 5.11 Å². The SMILES string of the molecule is CC/C=C/C=C/C=C/C=C/C=C/C=C/C=C/CCCCCC(=O)OCC(COCCC(C(=O)[O-])[N+](C)(C)C)OC(=O)CCCCCCC/C=C/CCCC. The van der Waals surface area contributed by atoms with Crippen LogP contribution in [-0.2, 0) is 28.6 Å². The molecule has 2 unspecified atom stereocenters. The zero-order valence-electron chi connectivity index (χ0n) is 34.3. The van der Waals surface area contributed by atoms with Gasteiger partial charge in [0.1, 0.15) is 12.6 Å². The number of carboxylic acids is 1. The lowest BCUT2D eigenvalue weighted by Crippen LogP contribution is -2.55. The zero-order valence-corrected chi connectivity index (χ0v) is 34.3. The van der Waals surface area contributed by atoms with Gasteiger partial charge < -0.3 is 28.6 Å². The average Bonchev–Trinajstić information content (AvgIpc) is 3.12. The fraction of sp³-hybridized carbons (Fsp3) is 0.587. The Labute approximate surface area is 328 Å². The van der Waals surface area contributed by atoms with Crippen molar-refractivity contribution in [2.24, 2.45) is 0 Å². The maximum atomic E-state index is 12.6. The van der Waals surface area contributed by atoms with Crippen molar-refractivity contribution in [3.8, 4) is 0 Å². The monoisotopic (exact) mass is 752 g/mol. The Morgan fingerprint density at radius 2 is 1.06 bits per heavy atom. The molecule has 8 nitrogen and oxygen atoms in total. The molecule has 0 saturated heterocycles. The van der Waals surface area contributed by atoms with Gasteiger partial charge in [-0.2, -0.15) is 0 Å². The molecule has 0 radical (unpaired) electrons. The lowest BCUT2D eigenvalue weighted by Gasteiger charge is -2.34. The van der Waals surface area contributed by atoms with Crippen molar-refractivity contribution in [3.63, 3.8) is 0 Å². The number of hydrogen-bond acceptors (Lipinski definition) is 7. The van der Waals surface area contributed by atoms with Crippen LogP contribution >= 0.6 is 0 Å². The first-order chi connectivity index (χ1) is 26.1. The van der Waals surface area contributed by atoms with Gasteiger partial charge in [0.05, 0.1) is 40.3 Å². The molecule has 0 aromatic rings. The zero-order chi connectivity index (χ0) is 40.0. The number of hydrogen-bond donors (Lipinski definition) is 0. The summed E-state index contributed by atoms with van der Waals surface area (Å²) >= 11 is 0. The smallest absolute Gasteiger partial charge is 0.306 e. The molecule has 0 spiro atoms. The molecule has 0 rings (SSSR count). The minimum atomic E-state index is -1.14. The number of allylic oxidation sites excluding steroid dienone is 16. The molecule has 304 valence electrons. The number of ether oxygens (including phenoxy) is 3. The molecule has 0 aliphatic carbocycles. The van der Waals surface area contributed by atoms with Crippen molar-refractivity contribution >= 4 is 17.9 Å². The highest BCUT2D eigenvalue weighted by Crippen LogP contribution is 2.12. The van der Waals surface area contributed by atoms with Gasteiger partial charge in [-0.1, -0.05) is 150 Å². The predicted molar refractivity (Wildman–Crippen MR) is 221 cm³/mol. The largest absolute Gasteiger partial charge is 0.544 e. The van der Waals surface area contributed by atoms with Crippen LogP contribution in [0.2, 0.25) is 0 Å². The van der Waals surface area contributed by atoms with E-state index in [0.717, 1.165) is 70.6 Å². The molecule has 0 aromatic heterocycles. The number of esters is 2. The lowest BCUT2D eigenvalue weighted by atomic mass is 10.1. The minimum absolute atomic E-state index is 0.0154. The van der Waals surface area contributed by atoms with Crippen molar-refractivity contribution in [2.75, 3.05) is 41.0 Å². The fourth-order valence-electron chi connectivity index (χ4n) is 5.21. The molecule has 8 heteroatoms. The third kappa shape index (κ3) is 34.0.